The predicted molar refractivity (Wildman–Crippen MR) is 73.5 cm³/mol. The van der Waals surface area contributed by atoms with Crippen LogP contribution in [0.3, 0.4) is 0 Å². The first-order valence-electron chi connectivity index (χ1n) is 6.30. The summed E-state index contributed by atoms with van der Waals surface area (Å²) < 4.78 is 0. The summed E-state index contributed by atoms with van der Waals surface area (Å²) in [5.41, 5.74) is 1.32. The third-order valence-corrected chi connectivity index (χ3v) is 4.32. The zero-order chi connectivity index (χ0) is 12.1. The van der Waals surface area contributed by atoms with Gasteiger partial charge >= 0.3 is 0 Å². The van der Waals surface area contributed by atoms with E-state index >= 15 is 0 Å². The quantitative estimate of drug-likeness (QED) is 0.813. The van der Waals surface area contributed by atoms with Crippen LogP contribution >= 0.6 is 11.8 Å². The molecule has 1 aliphatic heterocycles. The lowest BCUT2D eigenvalue weighted by Crippen LogP contribution is -2.24. The second-order valence-electron chi connectivity index (χ2n) is 4.80. The fourth-order valence-electron chi connectivity index (χ4n) is 2.19. The first-order chi connectivity index (χ1) is 8.28. The second-order valence-corrected chi connectivity index (χ2v) is 5.97. The molecule has 0 aliphatic carbocycles. The van der Waals surface area contributed by atoms with Gasteiger partial charge in [-0.05, 0) is 37.9 Å². The maximum atomic E-state index is 9.08. The number of hydrogen-bond donors (Lipinski definition) is 1. The van der Waals surface area contributed by atoms with Gasteiger partial charge in [0.05, 0.1) is 0 Å². The normalized spacial score (nSPS) is 20.9. The maximum Gasteiger partial charge on any atom is 0.0471 e. The Kier molecular flexibility index (Phi) is 4.89. The molecule has 1 fully saturated rings. The number of likely N-dealkylation sites (tertiary alicyclic amines) is 1. The standard InChI is InChI=1S/C14H21NOS/c1-12-2-4-14(5-3-12)17-9-8-15-7-6-13(10-15)11-16/h2-5,13,16H,6-11H2,1H3. The van der Waals surface area contributed by atoms with Gasteiger partial charge in [0.15, 0.2) is 0 Å². The Morgan fingerprint density at radius 1 is 1.35 bits per heavy atom. The highest BCUT2D eigenvalue weighted by molar-refractivity contribution is 7.99. The van der Waals surface area contributed by atoms with Gasteiger partial charge in [-0.25, -0.2) is 0 Å². The average Bonchev–Trinajstić information content (AvgIpc) is 2.80. The van der Waals surface area contributed by atoms with Crippen molar-refractivity contribution < 1.29 is 5.11 Å². The number of nitrogens with zero attached hydrogens (tertiary/aromatic N) is 1. The maximum absolute atomic E-state index is 9.08. The number of hydrogen-bond acceptors (Lipinski definition) is 3. The summed E-state index contributed by atoms with van der Waals surface area (Å²) in [6.07, 6.45) is 1.16. The second kappa shape index (κ2) is 6.43. The monoisotopic (exact) mass is 251 g/mol. The zero-order valence-electron chi connectivity index (χ0n) is 10.4. The van der Waals surface area contributed by atoms with Gasteiger partial charge in [0.1, 0.15) is 0 Å². The van der Waals surface area contributed by atoms with Crippen LogP contribution in [0.25, 0.3) is 0 Å². The lowest BCUT2D eigenvalue weighted by atomic mass is 10.1. The minimum absolute atomic E-state index is 0.349. The van der Waals surface area contributed by atoms with E-state index in [-0.39, 0.29) is 0 Å². The highest BCUT2D eigenvalue weighted by Gasteiger charge is 2.20. The van der Waals surface area contributed by atoms with Gasteiger partial charge in [-0.1, -0.05) is 17.7 Å². The van der Waals surface area contributed by atoms with E-state index in [9.17, 15) is 0 Å². The molecule has 3 heteroatoms. The molecule has 1 atom stereocenters. The van der Waals surface area contributed by atoms with Crippen molar-refractivity contribution in [2.45, 2.75) is 18.2 Å². The smallest absolute Gasteiger partial charge is 0.0471 e. The molecule has 1 aromatic rings. The molecule has 94 valence electrons. The minimum Gasteiger partial charge on any atom is -0.396 e. The molecular weight excluding hydrogens is 230 g/mol. The van der Waals surface area contributed by atoms with Gasteiger partial charge in [0.2, 0.25) is 0 Å². The molecule has 0 saturated carbocycles. The Morgan fingerprint density at radius 2 is 2.12 bits per heavy atom. The van der Waals surface area contributed by atoms with Crippen LogP contribution in [-0.2, 0) is 0 Å². The van der Waals surface area contributed by atoms with Crippen LogP contribution in [0.2, 0.25) is 0 Å². The largest absolute Gasteiger partial charge is 0.396 e. The zero-order valence-corrected chi connectivity index (χ0v) is 11.2. The van der Waals surface area contributed by atoms with Crippen molar-refractivity contribution in [3.05, 3.63) is 29.8 Å². The number of rotatable bonds is 5. The molecule has 0 bridgehead atoms. The first kappa shape index (κ1) is 12.9. The SMILES string of the molecule is Cc1ccc(SCCN2CCC(CO)C2)cc1. The van der Waals surface area contributed by atoms with Crippen LogP contribution in [0.15, 0.2) is 29.2 Å². The molecule has 0 spiro atoms. The molecule has 1 saturated heterocycles. The van der Waals surface area contributed by atoms with Crippen molar-refractivity contribution in [2.75, 3.05) is 32.0 Å². The van der Waals surface area contributed by atoms with E-state index in [0.29, 0.717) is 12.5 Å². The van der Waals surface area contributed by atoms with Crippen molar-refractivity contribution in [3.8, 4) is 0 Å². The van der Waals surface area contributed by atoms with Crippen LogP contribution in [-0.4, -0.2) is 42.0 Å². The molecule has 2 rings (SSSR count). The number of aryl methyl sites for hydroxylation is 1. The van der Waals surface area contributed by atoms with Crippen LogP contribution in [0.5, 0.6) is 0 Å². The van der Waals surface area contributed by atoms with E-state index in [0.717, 1.165) is 31.8 Å². The fourth-order valence-corrected chi connectivity index (χ4v) is 3.11. The molecule has 1 aromatic carbocycles. The Bertz CT molecular complexity index is 339. The van der Waals surface area contributed by atoms with Crippen molar-refractivity contribution >= 4 is 11.8 Å². The summed E-state index contributed by atoms with van der Waals surface area (Å²) in [4.78, 5) is 3.82. The van der Waals surface area contributed by atoms with E-state index in [1.807, 2.05) is 11.8 Å². The van der Waals surface area contributed by atoms with Crippen molar-refractivity contribution in [3.63, 3.8) is 0 Å². The topological polar surface area (TPSA) is 23.5 Å². The van der Waals surface area contributed by atoms with Gasteiger partial charge in [-0.15, -0.1) is 11.8 Å². The summed E-state index contributed by atoms with van der Waals surface area (Å²) in [6, 6.07) is 8.72. The Hall–Kier alpha value is -0.510. The van der Waals surface area contributed by atoms with Gasteiger partial charge in [0.25, 0.3) is 0 Å². The summed E-state index contributed by atoms with van der Waals surface area (Å²) in [5.74, 6) is 1.65. The minimum atomic E-state index is 0.349. The molecule has 1 aliphatic rings. The lowest BCUT2D eigenvalue weighted by molar-refractivity contribution is 0.224. The molecule has 17 heavy (non-hydrogen) atoms. The molecule has 0 amide bonds. The predicted octanol–water partition coefficient (Wildman–Crippen LogP) is 2.40. The molecule has 1 N–H and O–H groups in total. The van der Waals surface area contributed by atoms with Crippen LogP contribution in [0.4, 0.5) is 0 Å². The van der Waals surface area contributed by atoms with E-state index in [1.54, 1.807) is 0 Å². The van der Waals surface area contributed by atoms with Gasteiger partial charge in [0, 0.05) is 30.3 Å². The van der Waals surface area contributed by atoms with Gasteiger partial charge in [-0.2, -0.15) is 0 Å². The molecule has 1 heterocycles. The Labute approximate surface area is 108 Å². The molecule has 1 unspecified atom stereocenters. The summed E-state index contributed by atoms with van der Waals surface area (Å²) in [6.45, 7) is 5.83. The number of thioether (sulfide) groups is 1. The number of aliphatic hydroxyl groups excluding tert-OH is 1. The third kappa shape index (κ3) is 4.02. The lowest BCUT2D eigenvalue weighted by Gasteiger charge is -2.14. The fraction of sp³-hybridized carbons (Fsp3) is 0.571. The summed E-state index contributed by atoms with van der Waals surface area (Å²) >= 11 is 1.92. The van der Waals surface area contributed by atoms with Crippen molar-refractivity contribution in [1.82, 2.24) is 4.90 Å². The summed E-state index contributed by atoms with van der Waals surface area (Å²) in [5, 5.41) is 9.08. The molecular formula is C14H21NOS. The summed E-state index contributed by atoms with van der Waals surface area (Å²) in [7, 11) is 0. The number of aliphatic hydroxyl groups is 1. The van der Waals surface area contributed by atoms with Gasteiger partial charge < -0.3 is 10.0 Å². The Morgan fingerprint density at radius 3 is 2.76 bits per heavy atom. The van der Waals surface area contributed by atoms with E-state index in [4.69, 9.17) is 5.11 Å². The van der Waals surface area contributed by atoms with E-state index < -0.39 is 0 Å². The van der Waals surface area contributed by atoms with Crippen LogP contribution in [0.1, 0.15) is 12.0 Å². The van der Waals surface area contributed by atoms with Crippen molar-refractivity contribution in [2.24, 2.45) is 5.92 Å². The van der Waals surface area contributed by atoms with Crippen molar-refractivity contribution in [1.29, 1.82) is 0 Å². The van der Waals surface area contributed by atoms with E-state index in [2.05, 4.69) is 36.1 Å². The molecule has 0 aromatic heterocycles. The van der Waals surface area contributed by atoms with Crippen LogP contribution in [0, 0.1) is 12.8 Å². The van der Waals surface area contributed by atoms with Crippen LogP contribution < -0.4 is 0 Å². The third-order valence-electron chi connectivity index (χ3n) is 3.33. The highest BCUT2D eigenvalue weighted by atomic mass is 32.2. The average molecular weight is 251 g/mol. The first-order valence-corrected chi connectivity index (χ1v) is 7.29. The number of benzene rings is 1. The highest BCUT2D eigenvalue weighted by Crippen LogP contribution is 2.20. The van der Waals surface area contributed by atoms with Gasteiger partial charge in [-0.3, -0.25) is 0 Å². The van der Waals surface area contributed by atoms with E-state index in [1.165, 1.54) is 10.5 Å². The Balaban J connectivity index is 1.68. The molecule has 2 nitrogen and oxygen atoms in total. The molecule has 0 radical (unpaired) electrons.